The van der Waals surface area contributed by atoms with Crippen molar-refractivity contribution in [3.63, 3.8) is 0 Å². The second-order valence-electron chi connectivity index (χ2n) is 6.70. The van der Waals surface area contributed by atoms with Crippen molar-refractivity contribution in [2.24, 2.45) is 5.92 Å². The molecule has 1 heterocycles. The van der Waals surface area contributed by atoms with Crippen LogP contribution in [-0.4, -0.2) is 54.6 Å². The maximum Gasteiger partial charge on any atom is 0.317 e. The highest BCUT2D eigenvalue weighted by atomic mass is 32.2. The molecule has 2 aliphatic carbocycles. The maximum absolute atomic E-state index is 12.3. The predicted octanol–water partition coefficient (Wildman–Crippen LogP) is 0.559. The fraction of sp³-hybridized carbons (Fsp3) is 0.562. The highest BCUT2D eigenvalue weighted by Crippen LogP contribution is 2.34. The van der Waals surface area contributed by atoms with E-state index in [9.17, 15) is 13.2 Å². The standard InChI is InChI=1S/C16H20N4O4S/c17-7-12-3-4-15(8-18-12)25(23,24)19-13-5-14(6-13)20(10-16(21)22)9-11-1-2-11/h3-4,8,11,13-14,19H,1-2,5-6,9-10H2,(H,21,22). The Kier molecular flexibility index (Phi) is 5.03. The summed E-state index contributed by atoms with van der Waals surface area (Å²) in [7, 11) is -3.68. The zero-order valence-corrected chi connectivity index (χ0v) is 14.4. The van der Waals surface area contributed by atoms with Crippen molar-refractivity contribution in [2.75, 3.05) is 13.1 Å². The van der Waals surface area contributed by atoms with Crippen molar-refractivity contribution in [3.05, 3.63) is 24.0 Å². The van der Waals surface area contributed by atoms with Crippen LogP contribution in [0.5, 0.6) is 0 Å². The summed E-state index contributed by atoms with van der Waals surface area (Å²) in [5.74, 6) is -0.270. The van der Waals surface area contributed by atoms with E-state index < -0.39 is 16.0 Å². The zero-order valence-electron chi connectivity index (χ0n) is 13.6. The predicted molar refractivity (Wildman–Crippen MR) is 88.0 cm³/mol. The first kappa shape index (κ1) is 17.8. The smallest absolute Gasteiger partial charge is 0.317 e. The van der Waals surface area contributed by atoms with Crippen molar-refractivity contribution in [2.45, 2.75) is 42.7 Å². The number of nitriles is 1. The molecule has 0 atom stereocenters. The van der Waals surface area contributed by atoms with Crippen LogP contribution in [0.2, 0.25) is 0 Å². The van der Waals surface area contributed by atoms with Crippen molar-refractivity contribution in [1.29, 1.82) is 5.26 Å². The summed E-state index contributed by atoms with van der Waals surface area (Å²) in [6.45, 7) is 0.774. The molecule has 8 nitrogen and oxygen atoms in total. The lowest BCUT2D eigenvalue weighted by Gasteiger charge is -2.42. The Balaban J connectivity index is 1.56. The molecule has 2 fully saturated rings. The third-order valence-corrected chi connectivity index (χ3v) is 6.15. The van der Waals surface area contributed by atoms with Crippen LogP contribution in [0, 0.1) is 17.2 Å². The molecule has 2 aliphatic rings. The summed E-state index contributed by atoms with van der Waals surface area (Å²) >= 11 is 0. The van der Waals surface area contributed by atoms with Gasteiger partial charge in [0.1, 0.15) is 16.7 Å². The highest BCUT2D eigenvalue weighted by molar-refractivity contribution is 7.89. The molecule has 0 bridgehead atoms. The number of carbonyl (C=O) groups is 1. The van der Waals surface area contributed by atoms with Gasteiger partial charge in [-0.05, 0) is 43.7 Å². The van der Waals surface area contributed by atoms with Gasteiger partial charge < -0.3 is 5.11 Å². The number of pyridine rings is 1. The average molecular weight is 364 g/mol. The number of carboxylic acid groups (broad SMARTS) is 1. The molecule has 2 N–H and O–H groups in total. The average Bonchev–Trinajstić information content (AvgIpc) is 3.33. The van der Waals surface area contributed by atoms with Crippen molar-refractivity contribution in [3.8, 4) is 6.07 Å². The van der Waals surface area contributed by atoms with Crippen LogP contribution in [0.1, 0.15) is 31.4 Å². The van der Waals surface area contributed by atoms with E-state index in [0.29, 0.717) is 18.8 Å². The van der Waals surface area contributed by atoms with E-state index in [0.717, 1.165) is 19.4 Å². The molecule has 0 saturated heterocycles. The Morgan fingerprint density at radius 3 is 2.64 bits per heavy atom. The van der Waals surface area contributed by atoms with Gasteiger partial charge in [-0.15, -0.1) is 0 Å². The molecule has 3 rings (SSSR count). The minimum Gasteiger partial charge on any atom is -0.480 e. The quantitative estimate of drug-likeness (QED) is 0.691. The number of carboxylic acids is 1. The molecule has 2 saturated carbocycles. The molecule has 0 spiro atoms. The van der Waals surface area contributed by atoms with Gasteiger partial charge in [0.2, 0.25) is 10.0 Å². The lowest BCUT2D eigenvalue weighted by Crippen LogP contribution is -2.55. The molecule has 0 amide bonds. The summed E-state index contributed by atoms with van der Waals surface area (Å²) in [5, 5.41) is 17.8. The van der Waals surface area contributed by atoms with Gasteiger partial charge in [-0.25, -0.2) is 18.1 Å². The Bertz CT molecular complexity index is 777. The second-order valence-corrected chi connectivity index (χ2v) is 8.41. The van der Waals surface area contributed by atoms with Gasteiger partial charge >= 0.3 is 5.97 Å². The largest absolute Gasteiger partial charge is 0.480 e. The van der Waals surface area contributed by atoms with Crippen molar-refractivity contribution in [1.82, 2.24) is 14.6 Å². The molecular formula is C16H20N4O4S. The van der Waals surface area contributed by atoms with Crippen molar-refractivity contribution < 1.29 is 18.3 Å². The number of nitrogens with one attached hydrogen (secondary N) is 1. The van der Waals surface area contributed by atoms with Crippen LogP contribution in [0.25, 0.3) is 0 Å². The van der Waals surface area contributed by atoms with Crippen LogP contribution in [0.15, 0.2) is 23.2 Å². The first-order chi connectivity index (χ1) is 11.9. The highest BCUT2D eigenvalue weighted by Gasteiger charge is 2.38. The molecule has 1 aromatic rings. The Morgan fingerprint density at radius 2 is 2.12 bits per heavy atom. The van der Waals surface area contributed by atoms with E-state index in [1.807, 2.05) is 11.0 Å². The summed E-state index contributed by atoms with van der Waals surface area (Å²) < 4.78 is 27.3. The molecule has 0 unspecified atom stereocenters. The topological polar surface area (TPSA) is 123 Å². The van der Waals surface area contributed by atoms with Crippen LogP contribution < -0.4 is 4.72 Å². The van der Waals surface area contributed by atoms with E-state index in [1.54, 1.807) is 0 Å². The van der Waals surface area contributed by atoms with Gasteiger partial charge in [-0.2, -0.15) is 5.26 Å². The molecule has 1 aromatic heterocycles. The molecule has 0 aromatic carbocycles. The zero-order chi connectivity index (χ0) is 18.0. The number of aromatic nitrogens is 1. The number of rotatable bonds is 8. The third-order valence-electron chi connectivity index (χ3n) is 4.64. The molecule has 25 heavy (non-hydrogen) atoms. The first-order valence-corrected chi connectivity index (χ1v) is 9.70. The molecule has 9 heteroatoms. The van der Waals surface area contributed by atoms with E-state index in [2.05, 4.69) is 9.71 Å². The molecule has 134 valence electrons. The fourth-order valence-electron chi connectivity index (χ4n) is 3.02. The Morgan fingerprint density at radius 1 is 1.40 bits per heavy atom. The minimum atomic E-state index is -3.68. The number of hydrogen-bond donors (Lipinski definition) is 2. The van der Waals surface area contributed by atoms with Crippen LogP contribution in [-0.2, 0) is 14.8 Å². The number of nitrogens with zero attached hydrogens (tertiary/aromatic N) is 3. The third kappa shape index (κ3) is 4.54. The van der Waals surface area contributed by atoms with E-state index in [1.165, 1.54) is 18.3 Å². The lowest BCUT2D eigenvalue weighted by atomic mass is 9.86. The maximum atomic E-state index is 12.3. The Hall–Kier alpha value is -2.02. The van der Waals surface area contributed by atoms with Gasteiger partial charge in [0, 0.05) is 24.8 Å². The molecule has 0 radical (unpaired) electrons. The van der Waals surface area contributed by atoms with Crippen LogP contribution >= 0.6 is 0 Å². The fourth-order valence-corrected chi connectivity index (χ4v) is 4.23. The monoisotopic (exact) mass is 364 g/mol. The first-order valence-electron chi connectivity index (χ1n) is 8.21. The molecule has 0 aliphatic heterocycles. The number of hydrogen-bond acceptors (Lipinski definition) is 6. The SMILES string of the molecule is N#Cc1ccc(S(=O)(=O)NC2CC(N(CC(=O)O)CC3CC3)C2)cn1. The summed E-state index contributed by atoms with van der Waals surface area (Å²) in [6.07, 6.45) is 4.65. The Labute approximate surface area is 146 Å². The van der Waals surface area contributed by atoms with Gasteiger partial charge in [0.05, 0.1) is 6.54 Å². The summed E-state index contributed by atoms with van der Waals surface area (Å²) in [5.41, 5.74) is 0.159. The van der Waals surface area contributed by atoms with E-state index >= 15 is 0 Å². The van der Waals surface area contributed by atoms with Gasteiger partial charge in [0.25, 0.3) is 0 Å². The normalized spacial score (nSPS) is 23.0. The van der Waals surface area contributed by atoms with Gasteiger partial charge in [-0.1, -0.05) is 0 Å². The minimum absolute atomic E-state index is 0.000177. The molecular weight excluding hydrogens is 344 g/mol. The van der Waals surface area contributed by atoms with Crippen molar-refractivity contribution >= 4 is 16.0 Å². The van der Waals surface area contributed by atoms with Gasteiger partial charge in [-0.3, -0.25) is 9.69 Å². The summed E-state index contributed by atoms with van der Waals surface area (Å²) in [4.78, 5) is 16.8. The number of aliphatic carboxylic acids is 1. The van der Waals surface area contributed by atoms with Gasteiger partial charge in [0.15, 0.2) is 0 Å². The number of sulfonamides is 1. The second kappa shape index (κ2) is 7.07. The van der Waals surface area contributed by atoms with E-state index in [4.69, 9.17) is 10.4 Å². The summed E-state index contributed by atoms with van der Waals surface area (Å²) in [6, 6.07) is 4.45. The lowest BCUT2D eigenvalue weighted by molar-refractivity contribution is -0.139. The van der Waals surface area contributed by atoms with E-state index in [-0.39, 0.29) is 29.2 Å². The van der Waals surface area contributed by atoms with Crippen LogP contribution in [0.3, 0.4) is 0 Å². The van der Waals surface area contributed by atoms with Crippen LogP contribution in [0.4, 0.5) is 0 Å².